The first-order valence-corrected chi connectivity index (χ1v) is 9.59. The molecule has 1 rings (SSSR count). The zero-order valence-corrected chi connectivity index (χ0v) is 15.6. The van der Waals surface area contributed by atoms with Gasteiger partial charge >= 0.3 is 5.97 Å². The van der Waals surface area contributed by atoms with Crippen molar-refractivity contribution in [2.75, 3.05) is 6.61 Å². The molecule has 0 heterocycles. The van der Waals surface area contributed by atoms with Gasteiger partial charge in [0, 0.05) is 18.4 Å². The predicted octanol–water partition coefficient (Wildman–Crippen LogP) is 5.54. The zero-order valence-electron chi connectivity index (χ0n) is 15.6. The number of hydrogen-bond acceptors (Lipinski definition) is 3. The van der Waals surface area contributed by atoms with E-state index in [1.54, 1.807) is 0 Å². The maximum atomic E-state index is 12.4. The summed E-state index contributed by atoms with van der Waals surface area (Å²) < 4.78 is 5.49. The standard InChI is InChI=1S/C21H34O3/c1-4-6-7-8-9-10-11-12-14-24-21(23)20-17(3)15-19(22)16-18(20)13-5-2/h4,18H,1,5-16H2,2-3H3. The highest BCUT2D eigenvalue weighted by atomic mass is 16.5. The van der Waals surface area contributed by atoms with E-state index in [0.717, 1.165) is 43.3 Å². The van der Waals surface area contributed by atoms with E-state index < -0.39 is 0 Å². The molecule has 0 aromatic carbocycles. The van der Waals surface area contributed by atoms with Crippen molar-refractivity contribution in [3.05, 3.63) is 23.8 Å². The molecule has 0 aromatic rings. The smallest absolute Gasteiger partial charge is 0.334 e. The fourth-order valence-electron chi connectivity index (χ4n) is 3.46. The number of ether oxygens (including phenoxy) is 1. The highest BCUT2D eigenvalue weighted by Crippen LogP contribution is 2.32. The lowest BCUT2D eigenvalue weighted by Gasteiger charge is -2.25. The molecular formula is C21H34O3. The number of esters is 1. The van der Waals surface area contributed by atoms with Crippen molar-refractivity contribution >= 4 is 11.8 Å². The summed E-state index contributed by atoms with van der Waals surface area (Å²) in [6, 6.07) is 0. The average molecular weight is 335 g/mol. The first kappa shape index (κ1) is 20.7. The molecule has 0 amide bonds. The molecule has 1 unspecified atom stereocenters. The summed E-state index contributed by atoms with van der Waals surface area (Å²) in [5.74, 6) is 0.122. The van der Waals surface area contributed by atoms with Crippen molar-refractivity contribution in [3.63, 3.8) is 0 Å². The molecule has 1 aliphatic carbocycles. The van der Waals surface area contributed by atoms with Crippen LogP contribution < -0.4 is 0 Å². The summed E-state index contributed by atoms with van der Waals surface area (Å²) in [6.45, 7) is 8.22. The summed E-state index contributed by atoms with van der Waals surface area (Å²) in [6.07, 6.45) is 12.8. The number of carbonyl (C=O) groups is 2. The minimum Gasteiger partial charge on any atom is -0.462 e. The Hall–Kier alpha value is -1.38. The van der Waals surface area contributed by atoms with E-state index in [0.29, 0.717) is 19.4 Å². The van der Waals surface area contributed by atoms with Gasteiger partial charge in [-0.2, -0.15) is 0 Å². The molecule has 3 heteroatoms. The normalized spacial score (nSPS) is 17.9. The van der Waals surface area contributed by atoms with Crippen LogP contribution in [0.2, 0.25) is 0 Å². The Morgan fingerprint density at radius 3 is 2.54 bits per heavy atom. The number of ketones is 1. The lowest BCUT2D eigenvalue weighted by Crippen LogP contribution is -2.25. The largest absolute Gasteiger partial charge is 0.462 e. The molecule has 0 aromatic heterocycles. The van der Waals surface area contributed by atoms with Gasteiger partial charge in [-0.15, -0.1) is 6.58 Å². The minimum absolute atomic E-state index is 0.0635. The van der Waals surface area contributed by atoms with Gasteiger partial charge in [-0.3, -0.25) is 4.79 Å². The lowest BCUT2D eigenvalue weighted by molar-refractivity contribution is -0.140. The van der Waals surface area contributed by atoms with Gasteiger partial charge in [-0.1, -0.05) is 50.7 Å². The van der Waals surface area contributed by atoms with Crippen LogP contribution in [0.3, 0.4) is 0 Å². The zero-order chi connectivity index (χ0) is 17.8. The Labute approximate surface area is 147 Å². The molecule has 0 spiro atoms. The van der Waals surface area contributed by atoms with Gasteiger partial charge in [0.1, 0.15) is 5.78 Å². The van der Waals surface area contributed by atoms with Gasteiger partial charge < -0.3 is 4.74 Å². The van der Waals surface area contributed by atoms with E-state index in [4.69, 9.17) is 4.74 Å². The molecule has 0 N–H and O–H groups in total. The van der Waals surface area contributed by atoms with Crippen LogP contribution in [0.15, 0.2) is 23.8 Å². The van der Waals surface area contributed by atoms with Crippen LogP contribution in [0, 0.1) is 5.92 Å². The van der Waals surface area contributed by atoms with Gasteiger partial charge in [0.05, 0.1) is 6.61 Å². The molecule has 136 valence electrons. The molecule has 0 radical (unpaired) electrons. The number of rotatable bonds is 12. The monoisotopic (exact) mass is 334 g/mol. The van der Waals surface area contributed by atoms with Crippen molar-refractivity contribution in [1.82, 2.24) is 0 Å². The third kappa shape index (κ3) is 7.46. The maximum Gasteiger partial charge on any atom is 0.334 e. The van der Waals surface area contributed by atoms with Crippen molar-refractivity contribution in [2.24, 2.45) is 5.92 Å². The predicted molar refractivity (Wildman–Crippen MR) is 98.8 cm³/mol. The van der Waals surface area contributed by atoms with Crippen LogP contribution in [-0.4, -0.2) is 18.4 Å². The maximum absolute atomic E-state index is 12.4. The second-order valence-electron chi connectivity index (χ2n) is 6.93. The van der Waals surface area contributed by atoms with Gasteiger partial charge in [0.2, 0.25) is 0 Å². The SMILES string of the molecule is C=CCCCCCCCCOC(=O)C1=C(C)CC(=O)CC1CCC. The van der Waals surface area contributed by atoms with Crippen molar-refractivity contribution in [3.8, 4) is 0 Å². The van der Waals surface area contributed by atoms with Gasteiger partial charge in [0.15, 0.2) is 0 Å². The molecular weight excluding hydrogens is 300 g/mol. The quantitative estimate of drug-likeness (QED) is 0.267. The minimum atomic E-state index is -0.190. The van der Waals surface area contributed by atoms with Gasteiger partial charge in [-0.05, 0) is 38.5 Å². The third-order valence-corrected chi connectivity index (χ3v) is 4.70. The summed E-state index contributed by atoms with van der Waals surface area (Å²) in [5, 5.41) is 0. The molecule has 0 aliphatic heterocycles. The molecule has 1 atom stereocenters. The van der Waals surface area contributed by atoms with Crippen LogP contribution >= 0.6 is 0 Å². The molecule has 0 bridgehead atoms. The van der Waals surface area contributed by atoms with Crippen molar-refractivity contribution in [1.29, 1.82) is 0 Å². The Balaban J connectivity index is 2.29. The first-order chi connectivity index (χ1) is 11.6. The highest BCUT2D eigenvalue weighted by molar-refractivity contribution is 5.95. The van der Waals surface area contributed by atoms with Crippen LogP contribution in [0.1, 0.15) is 84.5 Å². The van der Waals surface area contributed by atoms with Crippen molar-refractivity contribution in [2.45, 2.75) is 84.5 Å². The average Bonchev–Trinajstić information content (AvgIpc) is 2.53. The molecule has 0 fully saturated rings. The molecule has 0 saturated carbocycles. The number of carbonyl (C=O) groups excluding carboxylic acids is 2. The number of Topliss-reactive ketones (excluding diaryl/α,β-unsaturated/α-hetero) is 1. The van der Waals surface area contributed by atoms with Crippen LogP contribution in [0.25, 0.3) is 0 Å². The molecule has 3 nitrogen and oxygen atoms in total. The summed E-state index contributed by atoms with van der Waals surface area (Å²) in [7, 11) is 0. The topological polar surface area (TPSA) is 43.4 Å². The Morgan fingerprint density at radius 2 is 1.88 bits per heavy atom. The van der Waals surface area contributed by atoms with Crippen LogP contribution in [0.4, 0.5) is 0 Å². The van der Waals surface area contributed by atoms with Gasteiger partial charge in [-0.25, -0.2) is 4.79 Å². The number of hydrogen-bond donors (Lipinski definition) is 0. The molecule has 0 saturated heterocycles. The highest BCUT2D eigenvalue weighted by Gasteiger charge is 2.30. The Kier molecular flexibility index (Phi) is 10.4. The third-order valence-electron chi connectivity index (χ3n) is 4.70. The van der Waals surface area contributed by atoms with E-state index in [2.05, 4.69) is 13.5 Å². The van der Waals surface area contributed by atoms with E-state index in [-0.39, 0.29) is 17.7 Å². The van der Waals surface area contributed by atoms with Crippen LogP contribution in [0.5, 0.6) is 0 Å². The Morgan fingerprint density at radius 1 is 1.21 bits per heavy atom. The summed E-state index contributed by atoms with van der Waals surface area (Å²) in [5.41, 5.74) is 1.69. The van der Waals surface area contributed by atoms with E-state index in [9.17, 15) is 9.59 Å². The second-order valence-corrected chi connectivity index (χ2v) is 6.93. The van der Waals surface area contributed by atoms with Crippen LogP contribution in [-0.2, 0) is 14.3 Å². The van der Waals surface area contributed by atoms with Gasteiger partial charge in [0.25, 0.3) is 0 Å². The number of unbranched alkanes of at least 4 members (excludes halogenated alkanes) is 6. The lowest BCUT2D eigenvalue weighted by atomic mass is 9.80. The number of allylic oxidation sites excluding steroid dienone is 2. The van der Waals surface area contributed by atoms with E-state index >= 15 is 0 Å². The fraction of sp³-hybridized carbons (Fsp3) is 0.714. The summed E-state index contributed by atoms with van der Waals surface area (Å²) >= 11 is 0. The Bertz CT molecular complexity index is 448. The fourth-order valence-corrected chi connectivity index (χ4v) is 3.46. The van der Waals surface area contributed by atoms with E-state index in [1.165, 1.54) is 25.7 Å². The molecule has 1 aliphatic rings. The first-order valence-electron chi connectivity index (χ1n) is 9.59. The van der Waals surface area contributed by atoms with E-state index in [1.807, 2.05) is 13.0 Å². The molecule has 24 heavy (non-hydrogen) atoms. The summed E-state index contributed by atoms with van der Waals surface area (Å²) in [4.78, 5) is 24.2. The second kappa shape index (κ2) is 12.0. The van der Waals surface area contributed by atoms with Crippen molar-refractivity contribution < 1.29 is 14.3 Å².